The molecule has 0 bridgehead atoms. The van der Waals surface area contributed by atoms with E-state index in [1.165, 1.54) is 36.8 Å². The van der Waals surface area contributed by atoms with Gasteiger partial charge in [-0.3, -0.25) is 0 Å². The first-order valence-electron chi connectivity index (χ1n) is 6.14. The van der Waals surface area contributed by atoms with E-state index in [4.69, 9.17) is 11.6 Å². The van der Waals surface area contributed by atoms with Crippen LogP contribution >= 0.6 is 11.6 Å². The number of nitrogens with zero attached hydrogens (tertiary/aromatic N) is 2. The van der Waals surface area contributed by atoms with E-state index in [1.54, 1.807) is 5.57 Å². The number of aromatic nitrogens is 1. The molecule has 0 amide bonds. The topological polar surface area (TPSA) is 16.1 Å². The molecule has 0 N–H and O–H groups in total. The van der Waals surface area contributed by atoms with Crippen LogP contribution in [0.4, 0.5) is 0 Å². The van der Waals surface area contributed by atoms with E-state index < -0.39 is 0 Å². The monoisotopic (exact) mass is 250 g/mol. The van der Waals surface area contributed by atoms with Gasteiger partial charge in [0.2, 0.25) is 0 Å². The van der Waals surface area contributed by atoms with Gasteiger partial charge in [-0.2, -0.15) is 0 Å². The predicted octanol–water partition coefficient (Wildman–Crippen LogP) is 3.62. The lowest BCUT2D eigenvalue weighted by Gasteiger charge is -2.23. The molecule has 0 atom stereocenters. The third kappa shape index (κ3) is 3.30. The minimum atomic E-state index is 0.569. The Morgan fingerprint density at radius 3 is 2.65 bits per heavy atom. The molecule has 0 aliphatic heterocycles. The summed E-state index contributed by atoms with van der Waals surface area (Å²) in [4.78, 5) is 6.43. The van der Waals surface area contributed by atoms with Crippen LogP contribution in [0.15, 0.2) is 23.9 Å². The maximum absolute atomic E-state index is 5.84. The molecule has 0 saturated heterocycles. The molecule has 0 unspecified atom stereocenters. The third-order valence-electron chi connectivity index (χ3n) is 3.17. The molecule has 3 heteroatoms. The number of pyridine rings is 1. The summed E-state index contributed by atoms with van der Waals surface area (Å²) >= 11 is 5.84. The lowest BCUT2D eigenvalue weighted by atomic mass is 9.88. The summed E-state index contributed by atoms with van der Waals surface area (Å²) in [5, 5.41) is 0.569. The lowest BCUT2D eigenvalue weighted by molar-refractivity contribution is 0.434. The molecule has 0 spiro atoms. The SMILES string of the molecule is CN(C)CC1=C(c2ccc(Cl)nc2)CCCC1. The highest BCUT2D eigenvalue weighted by atomic mass is 35.5. The molecular formula is C14H19ClN2. The summed E-state index contributed by atoms with van der Waals surface area (Å²) < 4.78 is 0. The zero-order chi connectivity index (χ0) is 12.3. The molecule has 0 fully saturated rings. The first-order valence-corrected chi connectivity index (χ1v) is 6.52. The fraction of sp³-hybridized carbons (Fsp3) is 0.500. The molecule has 1 heterocycles. The molecule has 0 aromatic carbocycles. The molecule has 1 aliphatic carbocycles. The van der Waals surface area contributed by atoms with Crippen molar-refractivity contribution in [2.75, 3.05) is 20.6 Å². The Balaban J connectivity index is 2.31. The van der Waals surface area contributed by atoms with Gasteiger partial charge in [-0.15, -0.1) is 0 Å². The van der Waals surface area contributed by atoms with E-state index >= 15 is 0 Å². The molecular weight excluding hydrogens is 232 g/mol. The molecule has 17 heavy (non-hydrogen) atoms. The fourth-order valence-corrected chi connectivity index (χ4v) is 2.54. The van der Waals surface area contributed by atoms with Crippen molar-refractivity contribution in [3.63, 3.8) is 0 Å². The Labute approximate surface area is 108 Å². The second-order valence-electron chi connectivity index (χ2n) is 4.90. The van der Waals surface area contributed by atoms with Crippen molar-refractivity contribution in [2.24, 2.45) is 0 Å². The number of hydrogen-bond donors (Lipinski definition) is 0. The minimum absolute atomic E-state index is 0.569. The maximum Gasteiger partial charge on any atom is 0.129 e. The number of halogens is 1. The summed E-state index contributed by atoms with van der Waals surface area (Å²) in [6.07, 6.45) is 6.89. The Kier molecular flexibility index (Phi) is 4.19. The molecule has 2 rings (SSSR count). The van der Waals surface area contributed by atoms with Gasteiger partial charge in [0, 0.05) is 12.7 Å². The number of allylic oxidation sites excluding steroid dienone is 1. The van der Waals surface area contributed by atoms with Crippen LogP contribution in [0.2, 0.25) is 5.15 Å². The average Bonchev–Trinajstić information content (AvgIpc) is 2.30. The molecule has 0 radical (unpaired) electrons. The van der Waals surface area contributed by atoms with Gasteiger partial charge in [-0.25, -0.2) is 4.98 Å². The van der Waals surface area contributed by atoms with E-state index in [2.05, 4.69) is 30.0 Å². The van der Waals surface area contributed by atoms with Crippen molar-refractivity contribution >= 4 is 17.2 Å². The minimum Gasteiger partial charge on any atom is -0.305 e. The summed E-state index contributed by atoms with van der Waals surface area (Å²) in [6, 6.07) is 3.97. The largest absolute Gasteiger partial charge is 0.305 e. The summed E-state index contributed by atoms with van der Waals surface area (Å²) in [6.45, 7) is 1.05. The van der Waals surface area contributed by atoms with E-state index in [1.807, 2.05) is 12.3 Å². The number of likely N-dealkylation sites (N-methyl/N-ethyl adjacent to an activating group) is 1. The van der Waals surface area contributed by atoms with Crippen molar-refractivity contribution < 1.29 is 0 Å². The first-order chi connectivity index (χ1) is 8.16. The highest BCUT2D eigenvalue weighted by molar-refractivity contribution is 6.29. The summed E-state index contributed by atoms with van der Waals surface area (Å²) in [7, 11) is 4.25. The maximum atomic E-state index is 5.84. The van der Waals surface area contributed by atoms with Crippen LogP contribution in [-0.2, 0) is 0 Å². The number of rotatable bonds is 3. The molecule has 92 valence electrons. The van der Waals surface area contributed by atoms with Crippen molar-refractivity contribution in [1.29, 1.82) is 0 Å². The molecule has 0 saturated carbocycles. The second kappa shape index (κ2) is 5.65. The zero-order valence-corrected chi connectivity index (χ0v) is 11.3. The predicted molar refractivity (Wildman–Crippen MR) is 73.2 cm³/mol. The van der Waals surface area contributed by atoms with Gasteiger partial charge >= 0.3 is 0 Å². The lowest BCUT2D eigenvalue weighted by Crippen LogP contribution is -2.17. The van der Waals surface area contributed by atoms with E-state index in [-0.39, 0.29) is 0 Å². The van der Waals surface area contributed by atoms with Gasteiger partial charge in [-0.05, 0) is 57.0 Å². The van der Waals surface area contributed by atoms with Gasteiger partial charge in [0.15, 0.2) is 0 Å². The van der Waals surface area contributed by atoms with E-state index in [0.29, 0.717) is 5.15 Å². The third-order valence-corrected chi connectivity index (χ3v) is 3.39. The van der Waals surface area contributed by atoms with E-state index in [0.717, 1.165) is 6.54 Å². The van der Waals surface area contributed by atoms with Crippen LogP contribution in [-0.4, -0.2) is 30.5 Å². The van der Waals surface area contributed by atoms with E-state index in [9.17, 15) is 0 Å². The normalized spacial score (nSPS) is 16.7. The zero-order valence-electron chi connectivity index (χ0n) is 10.5. The molecule has 2 nitrogen and oxygen atoms in total. The van der Waals surface area contributed by atoms with Crippen molar-refractivity contribution in [2.45, 2.75) is 25.7 Å². The Hall–Kier alpha value is -0.860. The molecule has 1 aromatic heterocycles. The standard InChI is InChI=1S/C14H19ClN2/c1-17(2)10-12-5-3-4-6-13(12)11-7-8-14(15)16-9-11/h7-9H,3-6,10H2,1-2H3. The first kappa shape index (κ1) is 12.6. The fourth-order valence-electron chi connectivity index (χ4n) is 2.43. The Morgan fingerprint density at radius 2 is 2.00 bits per heavy atom. The highest BCUT2D eigenvalue weighted by Crippen LogP contribution is 2.32. The Morgan fingerprint density at radius 1 is 1.24 bits per heavy atom. The van der Waals surface area contributed by atoms with Gasteiger partial charge in [0.25, 0.3) is 0 Å². The Bertz CT molecular complexity index is 407. The van der Waals surface area contributed by atoms with Gasteiger partial charge in [0.05, 0.1) is 0 Å². The quantitative estimate of drug-likeness (QED) is 0.762. The van der Waals surface area contributed by atoms with Crippen LogP contribution in [0.5, 0.6) is 0 Å². The van der Waals surface area contributed by atoms with Gasteiger partial charge in [-0.1, -0.05) is 23.2 Å². The second-order valence-corrected chi connectivity index (χ2v) is 5.28. The smallest absolute Gasteiger partial charge is 0.129 e. The van der Waals surface area contributed by atoms with Crippen molar-refractivity contribution in [3.05, 3.63) is 34.6 Å². The summed E-state index contributed by atoms with van der Waals surface area (Å²) in [5.74, 6) is 0. The van der Waals surface area contributed by atoms with Gasteiger partial charge in [0.1, 0.15) is 5.15 Å². The van der Waals surface area contributed by atoms with Crippen LogP contribution < -0.4 is 0 Å². The average molecular weight is 251 g/mol. The number of hydrogen-bond acceptors (Lipinski definition) is 2. The van der Waals surface area contributed by atoms with Crippen LogP contribution in [0.1, 0.15) is 31.2 Å². The van der Waals surface area contributed by atoms with Crippen molar-refractivity contribution in [3.8, 4) is 0 Å². The molecule has 1 aliphatic rings. The van der Waals surface area contributed by atoms with Crippen LogP contribution in [0.25, 0.3) is 5.57 Å². The molecule has 1 aromatic rings. The van der Waals surface area contributed by atoms with Gasteiger partial charge < -0.3 is 4.90 Å². The highest BCUT2D eigenvalue weighted by Gasteiger charge is 2.15. The van der Waals surface area contributed by atoms with Crippen molar-refractivity contribution in [1.82, 2.24) is 9.88 Å². The van der Waals surface area contributed by atoms with Crippen LogP contribution in [0, 0.1) is 0 Å². The van der Waals surface area contributed by atoms with Crippen LogP contribution in [0.3, 0.4) is 0 Å². The summed E-state index contributed by atoms with van der Waals surface area (Å²) in [5.41, 5.74) is 4.28.